The zero-order valence-electron chi connectivity index (χ0n) is 24.8. The zero-order chi connectivity index (χ0) is 31.9. The highest BCUT2D eigenvalue weighted by Gasteiger charge is 2.43. The van der Waals surface area contributed by atoms with Gasteiger partial charge in [0.25, 0.3) is 0 Å². The van der Waals surface area contributed by atoms with E-state index in [1.807, 2.05) is 30.3 Å². The number of benzene rings is 1. The van der Waals surface area contributed by atoms with Gasteiger partial charge in [-0.25, -0.2) is 4.79 Å². The highest BCUT2D eigenvalue weighted by molar-refractivity contribution is 7.52. The van der Waals surface area contributed by atoms with Crippen molar-refractivity contribution in [3.63, 3.8) is 0 Å². The number of carbonyl (C=O) groups is 2. The fourth-order valence-electron chi connectivity index (χ4n) is 4.91. The lowest BCUT2D eigenvalue weighted by atomic mass is 10.0. The number of para-hydroxylation sites is 1. The molecular weight excluding hydrogens is 583 g/mol. The fourth-order valence-corrected chi connectivity index (χ4v) is 6.16. The van der Waals surface area contributed by atoms with Crippen LogP contribution in [-0.2, 0) is 18.7 Å². The van der Waals surface area contributed by atoms with Gasteiger partial charge in [-0.3, -0.25) is 9.36 Å². The fraction of sp³-hybridized carbons (Fsp3) is 0.724. The third kappa shape index (κ3) is 13.6. The minimum absolute atomic E-state index is 0.104. The van der Waals surface area contributed by atoms with Gasteiger partial charge in [0.05, 0.1) is 50.3 Å². The number of unbranched alkanes of at least 4 members (excludes halogenated alkanes) is 7. The summed E-state index contributed by atoms with van der Waals surface area (Å²) in [5.74, 6) is -1.08. The van der Waals surface area contributed by atoms with Crippen LogP contribution in [0.1, 0.15) is 71.1 Å². The van der Waals surface area contributed by atoms with Crippen molar-refractivity contribution in [2.24, 2.45) is 0 Å². The maximum absolute atomic E-state index is 12.5. The average Bonchev–Trinajstić information content (AvgIpc) is 3.22. The van der Waals surface area contributed by atoms with Crippen molar-refractivity contribution < 1.29 is 53.8 Å². The third-order valence-electron chi connectivity index (χ3n) is 7.52. The normalized spacial score (nSPS) is 23.7. The monoisotopic (exact) mass is 632 g/mol. The predicted molar refractivity (Wildman–Crippen MR) is 159 cm³/mol. The molecule has 0 bridgehead atoms. The number of hydrogen-bond donors (Lipinski definition) is 8. The summed E-state index contributed by atoms with van der Waals surface area (Å²) in [5.41, 5.74) is -1.97. The molecule has 2 rings (SSSR count). The smallest absolute Gasteiger partial charge is 0.331 e. The lowest BCUT2D eigenvalue weighted by Gasteiger charge is -2.28. The maximum Gasteiger partial charge on any atom is 0.331 e. The molecule has 0 aliphatic carbocycles. The summed E-state index contributed by atoms with van der Waals surface area (Å²) in [4.78, 5) is 34.5. The second-order valence-electron chi connectivity index (χ2n) is 11.5. The summed E-state index contributed by atoms with van der Waals surface area (Å²) in [7, 11) is -4.50. The Balaban J connectivity index is 1.61. The van der Waals surface area contributed by atoms with E-state index < -0.39 is 74.8 Å². The van der Waals surface area contributed by atoms with Gasteiger partial charge in [-0.05, 0) is 38.3 Å². The third-order valence-corrected chi connectivity index (χ3v) is 8.93. The minimum atomic E-state index is -4.50. The number of ether oxygens (including phenoxy) is 1. The van der Waals surface area contributed by atoms with Crippen LogP contribution in [0.15, 0.2) is 30.3 Å². The number of carbonyl (C=O) groups excluding carboxylic acids is 1. The second kappa shape index (κ2) is 18.7. The molecule has 1 heterocycles. The topological polar surface area (TPSA) is 215 Å². The van der Waals surface area contributed by atoms with E-state index in [1.165, 1.54) is 6.92 Å². The first-order valence-electron chi connectivity index (χ1n) is 15.0. The Labute approximate surface area is 253 Å². The molecule has 246 valence electrons. The Kier molecular flexibility index (Phi) is 16.1. The molecule has 43 heavy (non-hydrogen) atoms. The maximum atomic E-state index is 12.5. The lowest BCUT2D eigenvalue weighted by molar-refractivity contribution is -0.148. The molecular formula is C29H49N2O11P. The molecule has 0 radical (unpaired) electrons. The summed E-state index contributed by atoms with van der Waals surface area (Å²) >= 11 is 0. The van der Waals surface area contributed by atoms with E-state index in [9.17, 15) is 44.6 Å². The molecule has 2 unspecified atom stereocenters. The van der Waals surface area contributed by atoms with E-state index in [0.29, 0.717) is 13.0 Å². The highest BCUT2D eigenvalue weighted by Crippen LogP contribution is 2.44. The summed E-state index contributed by atoms with van der Waals surface area (Å²) in [6.45, 7) is 0.613. The highest BCUT2D eigenvalue weighted by atomic mass is 31.2. The Hall–Kier alpha value is -2.09. The number of aliphatic hydroxyl groups is 4. The van der Waals surface area contributed by atoms with Gasteiger partial charge in [0.15, 0.2) is 5.54 Å². The van der Waals surface area contributed by atoms with Gasteiger partial charge in [0.1, 0.15) is 5.75 Å². The van der Waals surface area contributed by atoms with E-state index >= 15 is 0 Å². The Bertz CT molecular complexity index is 1020. The van der Waals surface area contributed by atoms with E-state index in [1.54, 1.807) is 0 Å². The lowest BCUT2D eigenvalue weighted by Crippen LogP contribution is -2.55. The molecule has 1 fully saturated rings. The molecule has 7 atom stereocenters. The van der Waals surface area contributed by atoms with Gasteiger partial charge in [-0.1, -0.05) is 56.7 Å². The summed E-state index contributed by atoms with van der Waals surface area (Å²) in [5, 5.41) is 54.1. The largest absolute Gasteiger partial charge is 0.494 e. The van der Waals surface area contributed by atoms with Crippen molar-refractivity contribution >= 4 is 19.5 Å². The van der Waals surface area contributed by atoms with Crippen molar-refractivity contribution in [3.8, 4) is 5.75 Å². The zero-order valence-corrected chi connectivity index (χ0v) is 25.7. The number of rotatable bonds is 22. The van der Waals surface area contributed by atoms with Crippen LogP contribution in [0.25, 0.3) is 0 Å². The summed E-state index contributed by atoms with van der Waals surface area (Å²) in [6.07, 6.45) is 2.77. The van der Waals surface area contributed by atoms with Crippen LogP contribution in [0, 0.1) is 0 Å². The van der Waals surface area contributed by atoms with Gasteiger partial charge in [-0.2, -0.15) is 0 Å². The van der Waals surface area contributed by atoms with Crippen LogP contribution in [0.5, 0.6) is 5.75 Å². The van der Waals surface area contributed by atoms with Crippen LogP contribution in [0.4, 0.5) is 0 Å². The van der Waals surface area contributed by atoms with Crippen LogP contribution >= 0.6 is 7.60 Å². The minimum Gasteiger partial charge on any atom is -0.494 e. The van der Waals surface area contributed by atoms with Crippen molar-refractivity contribution in [2.75, 3.05) is 26.0 Å². The van der Waals surface area contributed by atoms with Crippen molar-refractivity contribution in [1.29, 1.82) is 0 Å². The molecule has 0 saturated carbocycles. The van der Waals surface area contributed by atoms with Crippen molar-refractivity contribution in [3.05, 3.63) is 30.3 Å². The van der Waals surface area contributed by atoms with Crippen LogP contribution in [0.2, 0.25) is 0 Å². The van der Waals surface area contributed by atoms with Gasteiger partial charge >= 0.3 is 13.6 Å². The molecule has 13 nitrogen and oxygen atoms in total. The van der Waals surface area contributed by atoms with Gasteiger partial charge < -0.3 is 50.3 Å². The quantitative estimate of drug-likeness (QED) is 0.0675. The number of nitrogens with one attached hydrogen (secondary N) is 2. The first kappa shape index (κ1) is 37.1. The first-order chi connectivity index (χ1) is 20.4. The number of carboxylic acids is 1. The van der Waals surface area contributed by atoms with E-state index in [-0.39, 0.29) is 12.8 Å². The molecule has 8 N–H and O–H groups in total. The number of aliphatic hydroxyl groups excluding tert-OH is 4. The van der Waals surface area contributed by atoms with Gasteiger partial charge in [0, 0.05) is 12.5 Å². The van der Waals surface area contributed by atoms with Crippen LogP contribution in [0.3, 0.4) is 0 Å². The Morgan fingerprint density at radius 2 is 1.58 bits per heavy atom. The second-order valence-corrected chi connectivity index (χ2v) is 13.4. The van der Waals surface area contributed by atoms with Crippen molar-refractivity contribution in [1.82, 2.24) is 10.6 Å². The Morgan fingerprint density at radius 1 is 1.00 bits per heavy atom. The molecule has 1 aliphatic rings. The Morgan fingerprint density at radius 3 is 2.16 bits per heavy atom. The average molecular weight is 633 g/mol. The standard InChI is InChI=1S/C29H49N2O11P/c1-29(28(37)38,20-42-43(39,40)19-21(33)17-23-26(35)27(36)24(18-32)30-23)31-25(34)15-11-6-4-2-3-5-7-12-16-41-22-13-9-8-10-14-22/h8-10,13-14,21,23-24,26-27,30,32-33,35-36H,2-7,11-12,15-20H2,1H3,(H,31,34)(H,37,38)(H,39,40)/t21-,23-,24-,26-,27-,29?/m1/s1. The van der Waals surface area contributed by atoms with Crippen LogP contribution < -0.4 is 15.4 Å². The van der Waals surface area contributed by atoms with Crippen LogP contribution in [-0.4, -0.2) is 104 Å². The number of amides is 1. The number of carboxylic acid groups (broad SMARTS) is 1. The molecule has 0 spiro atoms. The summed E-state index contributed by atoms with van der Waals surface area (Å²) in [6, 6.07) is 8.06. The molecule has 14 heteroatoms. The predicted octanol–water partition coefficient (Wildman–Crippen LogP) is 1.54. The number of hydrogen-bond acceptors (Lipinski definition) is 10. The number of aliphatic carboxylic acids is 1. The molecule has 1 aliphatic heterocycles. The molecule has 1 saturated heterocycles. The molecule has 1 aromatic rings. The summed E-state index contributed by atoms with van der Waals surface area (Å²) < 4.78 is 23.2. The van der Waals surface area contributed by atoms with Gasteiger partial charge in [0.2, 0.25) is 5.91 Å². The molecule has 1 aromatic carbocycles. The SMILES string of the molecule is CC(COP(=O)(O)C[C@H](O)C[C@H]1N[C@H](CO)[C@@H](O)[C@@H]1O)(NC(=O)CCCCCCCCCCOc1ccccc1)C(=O)O. The van der Waals surface area contributed by atoms with E-state index in [4.69, 9.17) is 9.26 Å². The van der Waals surface area contributed by atoms with E-state index in [0.717, 1.165) is 50.7 Å². The molecule has 1 amide bonds. The van der Waals surface area contributed by atoms with E-state index in [2.05, 4.69) is 10.6 Å². The van der Waals surface area contributed by atoms with Crippen molar-refractivity contribution in [2.45, 2.75) is 107 Å². The first-order valence-corrected chi connectivity index (χ1v) is 16.7. The molecule has 0 aromatic heterocycles. The van der Waals surface area contributed by atoms with Gasteiger partial charge in [-0.15, -0.1) is 0 Å².